The van der Waals surface area contributed by atoms with Gasteiger partial charge in [0.05, 0.1) is 16.3 Å². The molecule has 0 atom stereocenters. The average molecular weight is 448 g/mol. The van der Waals surface area contributed by atoms with Gasteiger partial charge in [0.1, 0.15) is 11.5 Å². The third-order valence-corrected chi connectivity index (χ3v) is 6.04. The van der Waals surface area contributed by atoms with Crippen molar-refractivity contribution in [3.63, 3.8) is 0 Å². The van der Waals surface area contributed by atoms with Crippen molar-refractivity contribution in [3.05, 3.63) is 69.6 Å². The van der Waals surface area contributed by atoms with Crippen LogP contribution in [0.5, 0.6) is 0 Å². The summed E-state index contributed by atoms with van der Waals surface area (Å²) in [7, 11) is 0. The lowest BCUT2D eigenvalue weighted by atomic mass is 10.0. The molecule has 0 radical (unpaired) electrons. The van der Waals surface area contributed by atoms with Crippen molar-refractivity contribution in [3.8, 4) is 0 Å². The van der Waals surface area contributed by atoms with Gasteiger partial charge in [0.2, 0.25) is 0 Å². The first-order chi connectivity index (χ1) is 14.4. The zero-order valence-corrected chi connectivity index (χ0v) is 17.9. The summed E-state index contributed by atoms with van der Waals surface area (Å²) in [6, 6.07) is 10.5. The van der Waals surface area contributed by atoms with Crippen LogP contribution < -0.4 is 4.90 Å². The molecule has 1 fully saturated rings. The van der Waals surface area contributed by atoms with E-state index in [1.165, 1.54) is 24.3 Å². The van der Waals surface area contributed by atoms with Crippen molar-refractivity contribution in [2.75, 3.05) is 37.6 Å². The maximum atomic E-state index is 14.5. The largest absolute Gasteiger partial charge is 0.364 e. The second-order valence-electron chi connectivity index (χ2n) is 7.17. The minimum atomic E-state index is -0.641. The molecule has 0 aliphatic carbocycles. The van der Waals surface area contributed by atoms with Gasteiger partial charge in [-0.1, -0.05) is 48.3 Å². The second kappa shape index (κ2) is 8.38. The van der Waals surface area contributed by atoms with E-state index < -0.39 is 17.6 Å². The van der Waals surface area contributed by atoms with Gasteiger partial charge in [0.25, 0.3) is 11.8 Å². The van der Waals surface area contributed by atoms with E-state index in [0.717, 1.165) is 24.5 Å². The number of benzene rings is 2. The SMILES string of the molecule is CCN1CCN(C2=C(c3ccc(Cl)cc3Cl)C(=O)N(c3ccccc3F)C2=O)CC1. The van der Waals surface area contributed by atoms with E-state index in [9.17, 15) is 14.0 Å². The predicted molar refractivity (Wildman–Crippen MR) is 116 cm³/mol. The van der Waals surface area contributed by atoms with Crippen LogP contribution in [0, 0.1) is 5.82 Å². The standard InChI is InChI=1S/C22H20Cl2FN3O2/c1-2-26-9-11-27(12-10-26)20-19(15-8-7-14(23)13-16(15)24)21(29)28(22(20)30)18-6-4-3-5-17(18)25/h3-8,13H,2,9-12H2,1H3. The molecule has 2 aliphatic heterocycles. The van der Waals surface area contributed by atoms with Crippen LogP contribution in [0.4, 0.5) is 10.1 Å². The van der Waals surface area contributed by atoms with Gasteiger partial charge in [-0.3, -0.25) is 9.59 Å². The average Bonchev–Trinajstić information content (AvgIpc) is 2.99. The van der Waals surface area contributed by atoms with Crippen LogP contribution in [-0.4, -0.2) is 54.3 Å². The number of piperazine rings is 1. The number of hydrogen-bond donors (Lipinski definition) is 0. The maximum Gasteiger partial charge on any atom is 0.282 e. The molecule has 8 heteroatoms. The number of rotatable bonds is 4. The van der Waals surface area contributed by atoms with Gasteiger partial charge < -0.3 is 9.80 Å². The number of anilines is 1. The highest BCUT2D eigenvalue weighted by atomic mass is 35.5. The number of para-hydroxylation sites is 1. The summed E-state index contributed by atoms with van der Waals surface area (Å²) in [6.45, 7) is 5.70. The zero-order valence-electron chi connectivity index (χ0n) is 16.4. The Morgan fingerprint density at radius 1 is 0.967 bits per heavy atom. The van der Waals surface area contributed by atoms with Gasteiger partial charge in [-0.2, -0.15) is 0 Å². The lowest BCUT2D eigenvalue weighted by Gasteiger charge is -2.36. The van der Waals surface area contributed by atoms with Gasteiger partial charge in [-0.25, -0.2) is 9.29 Å². The molecule has 2 amide bonds. The Kier molecular flexibility index (Phi) is 5.82. The van der Waals surface area contributed by atoms with E-state index in [4.69, 9.17) is 23.2 Å². The topological polar surface area (TPSA) is 43.9 Å². The van der Waals surface area contributed by atoms with E-state index in [2.05, 4.69) is 11.8 Å². The molecule has 2 heterocycles. The molecule has 2 aliphatic rings. The summed E-state index contributed by atoms with van der Waals surface area (Å²) in [5.74, 6) is -1.78. The first kappa shape index (κ1) is 20.8. The van der Waals surface area contributed by atoms with Crippen LogP contribution in [0.2, 0.25) is 10.0 Å². The van der Waals surface area contributed by atoms with E-state index in [0.29, 0.717) is 23.7 Å². The lowest BCUT2D eigenvalue weighted by molar-refractivity contribution is -0.120. The highest BCUT2D eigenvalue weighted by Crippen LogP contribution is 2.39. The van der Waals surface area contributed by atoms with Crippen LogP contribution in [0.3, 0.4) is 0 Å². The zero-order chi connectivity index (χ0) is 21.4. The molecule has 0 aromatic heterocycles. The normalized spacial score (nSPS) is 18.0. The molecular weight excluding hydrogens is 428 g/mol. The molecule has 30 heavy (non-hydrogen) atoms. The minimum Gasteiger partial charge on any atom is -0.364 e. The molecule has 2 aromatic carbocycles. The van der Waals surface area contributed by atoms with Crippen LogP contribution in [0.25, 0.3) is 5.57 Å². The third kappa shape index (κ3) is 3.60. The Balaban J connectivity index is 1.83. The number of likely N-dealkylation sites (N-methyl/N-ethyl adjacent to an activating group) is 1. The summed E-state index contributed by atoms with van der Waals surface area (Å²) in [5.41, 5.74) is 0.765. The molecule has 2 aromatic rings. The fourth-order valence-corrected chi connectivity index (χ4v) is 4.39. The number of carbonyl (C=O) groups is 2. The van der Waals surface area contributed by atoms with Crippen LogP contribution in [-0.2, 0) is 9.59 Å². The quantitative estimate of drug-likeness (QED) is 0.662. The number of nitrogens with zero attached hydrogens (tertiary/aromatic N) is 3. The highest BCUT2D eigenvalue weighted by molar-refractivity contribution is 6.47. The summed E-state index contributed by atoms with van der Waals surface area (Å²) < 4.78 is 14.5. The lowest BCUT2D eigenvalue weighted by Crippen LogP contribution is -2.47. The summed E-state index contributed by atoms with van der Waals surface area (Å²) >= 11 is 12.4. The summed E-state index contributed by atoms with van der Waals surface area (Å²) in [6.07, 6.45) is 0. The molecular formula is C22H20Cl2FN3O2. The summed E-state index contributed by atoms with van der Waals surface area (Å²) in [5, 5.41) is 0.684. The Morgan fingerprint density at radius 3 is 2.30 bits per heavy atom. The van der Waals surface area contributed by atoms with Crippen molar-refractivity contribution in [1.82, 2.24) is 9.80 Å². The van der Waals surface area contributed by atoms with E-state index >= 15 is 0 Å². The molecule has 156 valence electrons. The van der Waals surface area contributed by atoms with Crippen molar-refractivity contribution in [2.45, 2.75) is 6.92 Å². The van der Waals surface area contributed by atoms with E-state index in [1.807, 2.05) is 4.90 Å². The first-order valence-corrected chi connectivity index (χ1v) is 10.5. The fraction of sp³-hybridized carbons (Fsp3) is 0.273. The van der Waals surface area contributed by atoms with E-state index in [1.54, 1.807) is 18.2 Å². The molecule has 0 bridgehead atoms. The number of imide groups is 1. The van der Waals surface area contributed by atoms with Crippen molar-refractivity contribution < 1.29 is 14.0 Å². The van der Waals surface area contributed by atoms with Gasteiger partial charge in [0.15, 0.2) is 0 Å². The van der Waals surface area contributed by atoms with Crippen molar-refractivity contribution in [2.24, 2.45) is 0 Å². The van der Waals surface area contributed by atoms with Gasteiger partial charge in [-0.15, -0.1) is 0 Å². The Labute approximate surface area is 184 Å². The Bertz CT molecular complexity index is 1050. The second-order valence-corrected chi connectivity index (χ2v) is 8.01. The number of carbonyl (C=O) groups excluding carboxylic acids is 2. The number of halogens is 3. The maximum absolute atomic E-state index is 14.5. The van der Waals surface area contributed by atoms with Crippen LogP contribution >= 0.6 is 23.2 Å². The van der Waals surface area contributed by atoms with Gasteiger partial charge in [-0.05, 0) is 30.8 Å². The fourth-order valence-electron chi connectivity index (χ4n) is 3.89. The minimum absolute atomic E-state index is 0.0720. The van der Waals surface area contributed by atoms with Crippen molar-refractivity contribution in [1.29, 1.82) is 0 Å². The smallest absolute Gasteiger partial charge is 0.282 e. The highest BCUT2D eigenvalue weighted by Gasteiger charge is 2.44. The predicted octanol–water partition coefficient (Wildman–Crippen LogP) is 4.05. The Morgan fingerprint density at radius 2 is 1.67 bits per heavy atom. The van der Waals surface area contributed by atoms with Gasteiger partial charge >= 0.3 is 0 Å². The molecule has 0 unspecified atom stereocenters. The molecule has 0 spiro atoms. The van der Waals surface area contributed by atoms with Crippen molar-refractivity contribution >= 4 is 46.3 Å². The van der Waals surface area contributed by atoms with Gasteiger partial charge in [0, 0.05) is 36.8 Å². The Hall–Kier alpha value is -2.41. The monoisotopic (exact) mass is 447 g/mol. The molecule has 0 saturated carbocycles. The van der Waals surface area contributed by atoms with Crippen LogP contribution in [0.15, 0.2) is 48.2 Å². The third-order valence-electron chi connectivity index (χ3n) is 5.49. The van der Waals surface area contributed by atoms with E-state index in [-0.39, 0.29) is 22.0 Å². The molecule has 5 nitrogen and oxygen atoms in total. The first-order valence-electron chi connectivity index (χ1n) is 9.72. The number of hydrogen-bond acceptors (Lipinski definition) is 4. The number of amides is 2. The molecule has 4 rings (SSSR count). The molecule has 0 N–H and O–H groups in total. The molecule has 1 saturated heterocycles. The van der Waals surface area contributed by atoms with Crippen LogP contribution in [0.1, 0.15) is 12.5 Å². The summed E-state index contributed by atoms with van der Waals surface area (Å²) in [4.78, 5) is 31.9.